The molecule has 2 atom stereocenters. The van der Waals surface area contributed by atoms with E-state index in [4.69, 9.17) is 15.0 Å². The van der Waals surface area contributed by atoms with Gasteiger partial charge in [-0.15, -0.1) is 0 Å². The van der Waals surface area contributed by atoms with Gasteiger partial charge in [0.05, 0.1) is 0 Å². The molecule has 0 amide bonds. The Hall–Kier alpha value is -0.610. The van der Waals surface area contributed by atoms with E-state index in [-0.39, 0.29) is 0 Å². The minimum absolute atomic E-state index is 0.369. The Morgan fingerprint density at radius 1 is 1.39 bits per heavy atom. The summed E-state index contributed by atoms with van der Waals surface area (Å²) in [7, 11) is 0. The molecule has 3 N–H and O–H groups in total. The normalized spacial score (nSPS) is 24.1. The molecule has 0 aromatic carbocycles. The molecule has 0 radical (unpaired) electrons. The number of aliphatic hydroxyl groups is 1. The molecule has 0 spiro atoms. The van der Waals surface area contributed by atoms with Crippen molar-refractivity contribution in [2.24, 2.45) is 11.3 Å². The monoisotopic (exact) mass is 259 g/mol. The number of carboxylic acid groups (broad SMARTS) is 1. The van der Waals surface area contributed by atoms with Crippen LogP contribution in [0.4, 0.5) is 0 Å². The van der Waals surface area contributed by atoms with Gasteiger partial charge in [0.1, 0.15) is 0 Å². The smallest absolute Gasteiger partial charge is 0.300 e. The first kappa shape index (κ1) is 17.4. The third-order valence-electron chi connectivity index (χ3n) is 3.10. The standard InChI is InChI=1S/C12H25NO.C2H4O2/c1-12(2,3)6-4-11-8-10(9-14)5-7-13-11;1-2(3)4/h10-11,13-14H,4-9H2,1-3H3;1H3,(H,3,4). The molecule has 2 unspecified atom stereocenters. The van der Waals surface area contributed by atoms with E-state index in [1.807, 2.05) is 0 Å². The van der Waals surface area contributed by atoms with Gasteiger partial charge in [-0.3, -0.25) is 4.79 Å². The Morgan fingerprint density at radius 3 is 2.39 bits per heavy atom. The van der Waals surface area contributed by atoms with E-state index in [9.17, 15) is 0 Å². The molecule has 1 aliphatic rings. The van der Waals surface area contributed by atoms with Crippen molar-refractivity contribution in [3.05, 3.63) is 0 Å². The summed E-state index contributed by atoms with van der Waals surface area (Å²) in [6.07, 6.45) is 4.82. The lowest BCUT2D eigenvalue weighted by Crippen LogP contribution is -2.39. The fourth-order valence-electron chi connectivity index (χ4n) is 2.09. The number of aliphatic carboxylic acids is 1. The zero-order chi connectivity index (χ0) is 14.2. The van der Waals surface area contributed by atoms with E-state index in [0.29, 0.717) is 24.0 Å². The van der Waals surface area contributed by atoms with E-state index >= 15 is 0 Å². The zero-order valence-corrected chi connectivity index (χ0v) is 12.2. The summed E-state index contributed by atoms with van der Waals surface area (Å²) in [4.78, 5) is 9.00. The molecule has 0 bridgehead atoms. The summed E-state index contributed by atoms with van der Waals surface area (Å²) in [6, 6.07) is 0.639. The van der Waals surface area contributed by atoms with Crippen LogP contribution in [0.15, 0.2) is 0 Å². The summed E-state index contributed by atoms with van der Waals surface area (Å²) < 4.78 is 0. The number of rotatable bonds is 3. The summed E-state index contributed by atoms with van der Waals surface area (Å²) in [5, 5.41) is 20.1. The Morgan fingerprint density at radius 2 is 1.94 bits per heavy atom. The van der Waals surface area contributed by atoms with Crippen molar-refractivity contribution in [1.82, 2.24) is 5.32 Å². The highest BCUT2D eigenvalue weighted by Crippen LogP contribution is 2.25. The van der Waals surface area contributed by atoms with Gasteiger partial charge in [0.2, 0.25) is 0 Å². The molecule has 1 fully saturated rings. The predicted octanol–water partition coefficient (Wildman–Crippen LogP) is 2.26. The molecule has 1 aliphatic heterocycles. The number of carboxylic acids is 1. The molecular weight excluding hydrogens is 230 g/mol. The number of hydrogen-bond donors (Lipinski definition) is 3. The molecule has 0 aliphatic carbocycles. The van der Waals surface area contributed by atoms with Crippen LogP contribution < -0.4 is 5.32 Å². The third-order valence-corrected chi connectivity index (χ3v) is 3.10. The van der Waals surface area contributed by atoms with Crippen molar-refractivity contribution in [1.29, 1.82) is 0 Å². The molecule has 0 aromatic rings. The molecule has 1 rings (SSSR count). The lowest BCUT2D eigenvalue weighted by atomic mass is 9.84. The van der Waals surface area contributed by atoms with E-state index in [1.165, 1.54) is 12.8 Å². The molecular formula is C14H29NO3. The lowest BCUT2D eigenvalue weighted by molar-refractivity contribution is -0.134. The summed E-state index contributed by atoms with van der Waals surface area (Å²) in [6.45, 7) is 9.41. The van der Waals surface area contributed by atoms with Gasteiger partial charge in [-0.1, -0.05) is 20.8 Å². The quantitative estimate of drug-likeness (QED) is 0.727. The number of piperidine rings is 1. The van der Waals surface area contributed by atoms with Crippen LogP contribution in [-0.2, 0) is 4.79 Å². The average molecular weight is 259 g/mol. The van der Waals surface area contributed by atoms with Crippen molar-refractivity contribution in [2.75, 3.05) is 13.2 Å². The van der Waals surface area contributed by atoms with Gasteiger partial charge in [0.15, 0.2) is 0 Å². The number of nitrogens with one attached hydrogen (secondary N) is 1. The topological polar surface area (TPSA) is 69.6 Å². The first-order chi connectivity index (χ1) is 8.24. The SMILES string of the molecule is CC(=O)O.CC(C)(C)CCC1CC(CO)CCN1. The summed E-state index contributed by atoms with van der Waals surface area (Å²) >= 11 is 0. The number of carbonyl (C=O) groups is 1. The minimum Gasteiger partial charge on any atom is -0.481 e. The van der Waals surface area contributed by atoms with Gasteiger partial charge in [0.25, 0.3) is 5.97 Å². The van der Waals surface area contributed by atoms with E-state index in [2.05, 4.69) is 26.1 Å². The summed E-state index contributed by atoms with van der Waals surface area (Å²) in [5.74, 6) is -0.291. The third kappa shape index (κ3) is 10.5. The Balaban J connectivity index is 0.000000631. The van der Waals surface area contributed by atoms with Crippen LogP contribution in [0.5, 0.6) is 0 Å². The molecule has 4 heteroatoms. The van der Waals surface area contributed by atoms with Crippen LogP contribution in [0.3, 0.4) is 0 Å². The van der Waals surface area contributed by atoms with Gasteiger partial charge < -0.3 is 15.5 Å². The summed E-state index contributed by atoms with van der Waals surface area (Å²) in [5.41, 5.74) is 0.438. The van der Waals surface area contributed by atoms with Crippen LogP contribution >= 0.6 is 0 Å². The van der Waals surface area contributed by atoms with Crippen molar-refractivity contribution < 1.29 is 15.0 Å². The van der Waals surface area contributed by atoms with Crippen molar-refractivity contribution in [3.63, 3.8) is 0 Å². The fourth-order valence-corrected chi connectivity index (χ4v) is 2.09. The van der Waals surface area contributed by atoms with Crippen LogP contribution in [0.25, 0.3) is 0 Å². The Labute approximate surface area is 111 Å². The molecule has 4 nitrogen and oxygen atoms in total. The van der Waals surface area contributed by atoms with Gasteiger partial charge in [-0.25, -0.2) is 0 Å². The van der Waals surface area contributed by atoms with Gasteiger partial charge >= 0.3 is 0 Å². The van der Waals surface area contributed by atoms with Gasteiger partial charge in [-0.2, -0.15) is 0 Å². The largest absolute Gasteiger partial charge is 0.481 e. The van der Waals surface area contributed by atoms with Crippen LogP contribution in [0.2, 0.25) is 0 Å². The highest BCUT2D eigenvalue weighted by atomic mass is 16.4. The highest BCUT2D eigenvalue weighted by molar-refractivity contribution is 5.62. The predicted molar refractivity (Wildman–Crippen MR) is 73.6 cm³/mol. The van der Waals surface area contributed by atoms with E-state index < -0.39 is 5.97 Å². The first-order valence-corrected chi connectivity index (χ1v) is 6.78. The maximum atomic E-state index is 9.11. The van der Waals surface area contributed by atoms with E-state index in [0.717, 1.165) is 26.3 Å². The zero-order valence-electron chi connectivity index (χ0n) is 12.2. The second-order valence-corrected chi connectivity index (χ2v) is 6.34. The number of aliphatic hydroxyl groups excluding tert-OH is 1. The second kappa shape index (κ2) is 8.48. The number of hydrogen-bond acceptors (Lipinski definition) is 3. The Bertz CT molecular complexity index is 232. The van der Waals surface area contributed by atoms with Gasteiger partial charge in [0, 0.05) is 19.6 Å². The van der Waals surface area contributed by atoms with Crippen LogP contribution in [-0.4, -0.2) is 35.4 Å². The maximum Gasteiger partial charge on any atom is 0.300 e. The maximum absolute atomic E-state index is 9.11. The minimum atomic E-state index is -0.833. The molecule has 18 heavy (non-hydrogen) atoms. The van der Waals surface area contributed by atoms with Crippen molar-refractivity contribution >= 4 is 5.97 Å². The highest BCUT2D eigenvalue weighted by Gasteiger charge is 2.22. The van der Waals surface area contributed by atoms with Gasteiger partial charge in [-0.05, 0) is 43.6 Å². The average Bonchev–Trinajstić information content (AvgIpc) is 2.25. The fraction of sp³-hybridized carbons (Fsp3) is 0.929. The Kier molecular flexibility index (Phi) is 8.20. The molecule has 1 saturated heterocycles. The second-order valence-electron chi connectivity index (χ2n) is 6.34. The molecule has 0 saturated carbocycles. The van der Waals surface area contributed by atoms with Crippen LogP contribution in [0.1, 0.15) is 53.4 Å². The van der Waals surface area contributed by atoms with E-state index in [1.54, 1.807) is 0 Å². The lowest BCUT2D eigenvalue weighted by Gasteiger charge is -2.31. The first-order valence-electron chi connectivity index (χ1n) is 6.78. The molecule has 1 heterocycles. The van der Waals surface area contributed by atoms with Crippen molar-refractivity contribution in [3.8, 4) is 0 Å². The van der Waals surface area contributed by atoms with Crippen LogP contribution in [0, 0.1) is 11.3 Å². The molecule has 0 aromatic heterocycles. The van der Waals surface area contributed by atoms with Crippen molar-refractivity contribution in [2.45, 2.75) is 59.4 Å². The molecule has 108 valence electrons.